The fourth-order valence-electron chi connectivity index (χ4n) is 2.16. The van der Waals surface area contributed by atoms with Crippen LogP contribution in [0.3, 0.4) is 0 Å². The zero-order chi connectivity index (χ0) is 10.5. The molecule has 16 heavy (non-hydrogen) atoms. The molecule has 0 fully saturated rings. The van der Waals surface area contributed by atoms with Crippen LogP contribution >= 0.6 is 12.4 Å². The molecule has 1 N–H and O–H groups in total. The highest BCUT2D eigenvalue weighted by Gasteiger charge is 2.10. The minimum Gasteiger partial charge on any atom is -0.512 e. The van der Waals surface area contributed by atoms with Gasteiger partial charge in [-0.05, 0) is 36.8 Å². The van der Waals surface area contributed by atoms with Crippen LogP contribution in [0.5, 0.6) is 0 Å². The quantitative estimate of drug-likeness (QED) is 0.808. The first-order valence-electron chi connectivity index (χ1n) is 5.80. The van der Waals surface area contributed by atoms with Crippen LogP contribution in [0.15, 0.2) is 41.7 Å². The Morgan fingerprint density at radius 2 is 1.62 bits per heavy atom. The molecule has 0 saturated carbocycles. The van der Waals surface area contributed by atoms with Crippen molar-refractivity contribution < 1.29 is 5.11 Å². The molecule has 0 radical (unpaired) electrons. The van der Waals surface area contributed by atoms with Crippen LogP contribution < -0.4 is 0 Å². The van der Waals surface area contributed by atoms with Gasteiger partial charge in [0, 0.05) is 6.42 Å². The highest BCUT2D eigenvalue weighted by Crippen LogP contribution is 2.24. The molecule has 1 aromatic carbocycles. The molecule has 1 aromatic rings. The molecule has 0 aromatic heterocycles. The van der Waals surface area contributed by atoms with E-state index in [1.807, 2.05) is 6.07 Å². The van der Waals surface area contributed by atoms with E-state index < -0.39 is 0 Å². The molecule has 1 aliphatic carbocycles. The lowest BCUT2D eigenvalue weighted by atomic mass is 10.0. The Balaban J connectivity index is 0.00000128. The Morgan fingerprint density at radius 1 is 0.938 bits per heavy atom. The van der Waals surface area contributed by atoms with Crippen molar-refractivity contribution in [3.63, 3.8) is 0 Å². The second-order valence-corrected chi connectivity index (χ2v) is 4.27. The van der Waals surface area contributed by atoms with E-state index in [9.17, 15) is 5.11 Å². The number of benzene rings is 1. The van der Waals surface area contributed by atoms with E-state index in [0.717, 1.165) is 25.7 Å². The summed E-state index contributed by atoms with van der Waals surface area (Å²) in [6.45, 7) is 0. The van der Waals surface area contributed by atoms with Crippen molar-refractivity contribution in [3.8, 4) is 0 Å². The van der Waals surface area contributed by atoms with Gasteiger partial charge in [0.15, 0.2) is 0 Å². The maximum absolute atomic E-state index is 9.89. The Labute approximate surface area is 104 Å². The molecule has 1 nitrogen and oxygen atoms in total. The summed E-state index contributed by atoms with van der Waals surface area (Å²) >= 11 is 0. The summed E-state index contributed by atoms with van der Waals surface area (Å²) in [5, 5.41) is 9.89. The van der Waals surface area contributed by atoms with Crippen LogP contribution in [0.1, 0.15) is 37.7 Å². The number of rotatable bonds is 2. The van der Waals surface area contributed by atoms with E-state index in [-0.39, 0.29) is 12.4 Å². The standard InChI is InChI=1S/C14H18O.ClH/c15-14-10-6-2-5-9-13(14)11-12-7-3-1-4-8-12;/h1,3-4,7-8,15H,2,5-6,9-11H2;1H. The maximum Gasteiger partial charge on any atom is 0.0917 e. The van der Waals surface area contributed by atoms with Gasteiger partial charge in [-0.25, -0.2) is 0 Å². The lowest BCUT2D eigenvalue weighted by Gasteiger charge is -2.07. The fourth-order valence-corrected chi connectivity index (χ4v) is 2.16. The van der Waals surface area contributed by atoms with E-state index in [4.69, 9.17) is 0 Å². The molecule has 0 aliphatic heterocycles. The molecule has 88 valence electrons. The van der Waals surface area contributed by atoms with E-state index in [1.165, 1.54) is 24.0 Å². The molecular weight excluding hydrogens is 220 g/mol. The third kappa shape index (κ3) is 3.57. The zero-order valence-corrected chi connectivity index (χ0v) is 10.3. The molecule has 2 heteroatoms. The van der Waals surface area contributed by atoms with Gasteiger partial charge in [0.1, 0.15) is 0 Å². The van der Waals surface area contributed by atoms with Crippen molar-refractivity contribution in [2.75, 3.05) is 0 Å². The smallest absolute Gasteiger partial charge is 0.0917 e. The number of hydrogen-bond donors (Lipinski definition) is 1. The van der Waals surface area contributed by atoms with Gasteiger partial charge in [0.2, 0.25) is 0 Å². The first kappa shape index (κ1) is 13.1. The van der Waals surface area contributed by atoms with Crippen LogP contribution in [-0.4, -0.2) is 5.11 Å². The van der Waals surface area contributed by atoms with Gasteiger partial charge < -0.3 is 5.11 Å². The average Bonchev–Trinajstić information content (AvgIpc) is 2.46. The van der Waals surface area contributed by atoms with Crippen molar-refractivity contribution in [1.82, 2.24) is 0 Å². The van der Waals surface area contributed by atoms with Crippen molar-refractivity contribution in [2.45, 2.75) is 38.5 Å². The summed E-state index contributed by atoms with van der Waals surface area (Å²) in [6.07, 6.45) is 6.49. The molecule has 0 unspecified atom stereocenters. The van der Waals surface area contributed by atoms with E-state index in [2.05, 4.69) is 24.3 Å². The van der Waals surface area contributed by atoms with E-state index >= 15 is 0 Å². The number of allylic oxidation sites excluding steroid dienone is 2. The fraction of sp³-hybridized carbons (Fsp3) is 0.429. The minimum atomic E-state index is 0. The summed E-state index contributed by atoms with van der Waals surface area (Å²) in [5.41, 5.74) is 2.56. The molecule has 0 atom stereocenters. The van der Waals surface area contributed by atoms with Gasteiger partial charge in [-0.15, -0.1) is 12.4 Å². The minimum absolute atomic E-state index is 0. The summed E-state index contributed by atoms with van der Waals surface area (Å²) in [6, 6.07) is 10.4. The summed E-state index contributed by atoms with van der Waals surface area (Å²) in [5.74, 6) is 0.649. The predicted octanol–water partition coefficient (Wildman–Crippen LogP) is 4.43. The molecule has 0 heterocycles. The topological polar surface area (TPSA) is 20.2 Å². The third-order valence-corrected chi connectivity index (χ3v) is 3.06. The van der Waals surface area contributed by atoms with Crippen LogP contribution in [0, 0.1) is 0 Å². The first-order valence-corrected chi connectivity index (χ1v) is 5.80. The lowest BCUT2D eigenvalue weighted by molar-refractivity contribution is 0.378. The second-order valence-electron chi connectivity index (χ2n) is 4.27. The summed E-state index contributed by atoms with van der Waals surface area (Å²) in [4.78, 5) is 0. The second kappa shape index (κ2) is 6.59. The average molecular weight is 239 g/mol. The number of aliphatic hydroxyl groups excluding tert-OH is 1. The Bertz CT molecular complexity index is 343. The summed E-state index contributed by atoms with van der Waals surface area (Å²) < 4.78 is 0. The third-order valence-electron chi connectivity index (χ3n) is 3.06. The maximum atomic E-state index is 9.89. The number of hydrogen-bond acceptors (Lipinski definition) is 1. The van der Waals surface area contributed by atoms with Crippen LogP contribution in [0.4, 0.5) is 0 Å². The van der Waals surface area contributed by atoms with Crippen LogP contribution in [-0.2, 0) is 6.42 Å². The Hall–Kier alpha value is -0.950. The lowest BCUT2D eigenvalue weighted by Crippen LogP contribution is -1.94. The van der Waals surface area contributed by atoms with Crippen molar-refractivity contribution in [1.29, 1.82) is 0 Å². The normalized spacial score (nSPS) is 16.5. The van der Waals surface area contributed by atoms with Gasteiger partial charge in [-0.2, -0.15) is 0 Å². The SMILES string of the molecule is Cl.OC1=C(Cc2ccccc2)CCCCC1. The monoisotopic (exact) mass is 238 g/mol. The summed E-state index contributed by atoms with van der Waals surface area (Å²) in [7, 11) is 0. The molecule has 1 aliphatic rings. The molecule has 0 bridgehead atoms. The van der Waals surface area contributed by atoms with Gasteiger partial charge in [0.05, 0.1) is 5.76 Å². The number of halogens is 1. The first-order chi connectivity index (χ1) is 7.36. The van der Waals surface area contributed by atoms with Gasteiger partial charge in [-0.3, -0.25) is 0 Å². The number of aliphatic hydroxyl groups is 1. The van der Waals surface area contributed by atoms with Crippen molar-refractivity contribution in [3.05, 3.63) is 47.2 Å². The predicted molar refractivity (Wildman–Crippen MR) is 70.1 cm³/mol. The van der Waals surface area contributed by atoms with Crippen LogP contribution in [0.25, 0.3) is 0 Å². The van der Waals surface area contributed by atoms with E-state index in [0.29, 0.717) is 5.76 Å². The van der Waals surface area contributed by atoms with Crippen molar-refractivity contribution in [2.24, 2.45) is 0 Å². The molecule has 0 amide bonds. The molecule has 0 spiro atoms. The molecular formula is C14H19ClO. The van der Waals surface area contributed by atoms with Gasteiger partial charge >= 0.3 is 0 Å². The van der Waals surface area contributed by atoms with Crippen LogP contribution in [0.2, 0.25) is 0 Å². The van der Waals surface area contributed by atoms with Gasteiger partial charge in [0.25, 0.3) is 0 Å². The Morgan fingerprint density at radius 3 is 2.38 bits per heavy atom. The zero-order valence-electron chi connectivity index (χ0n) is 9.48. The highest BCUT2D eigenvalue weighted by molar-refractivity contribution is 5.85. The van der Waals surface area contributed by atoms with Crippen molar-refractivity contribution >= 4 is 12.4 Å². The molecule has 2 rings (SSSR count). The highest BCUT2D eigenvalue weighted by atomic mass is 35.5. The largest absolute Gasteiger partial charge is 0.512 e. The Kier molecular flexibility index (Phi) is 5.41. The van der Waals surface area contributed by atoms with E-state index in [1.54, 1.807) is 0 Å². The molecule has 0 saturated heterocycles. The van der Waals surface area contributed by atoms with Gasteiger partial charge in [-0.1, -0.05) is 36.8 Å².